The van der Waals surface area contributed by atoms with Crippen molar-refractivity contribution >= 4 is 11.8 Å². The van der Waals surface area contributed by atoms with Crippen LogP contribution in [-0.4, -0.2) is 58.8 Å². The summed E-state index contributed by atoms with van der Waals surface area (Å²) in [5, 5.41) is 13.7. The largest absolute Gasteiger partial charge is 0.388 e. The molecular formula is C21H32N2O4. The molecule has 0 aromatic rings. The molecule has 6 nitrogen and oxygen atoms in total. The van der Waals surface area contributed by atoms with Gasteiger partial charge in [-0.2, -0.15) is 0 Å². The second-order valence-electron chi connectivity index (χ2n) is 9.19. The summed E-state index contributed by atoms with van der Waals surface area (Å²) in [5.74, 6) is 0.542. The molecule has 0 aromatic heterocycles. The zero-order chi connectivity index (χ0) is 19.1. The molecule has 2 atom stereocenters. The Labute approximate surface area is 161 Å². The van der Waals surface area contributed by atoms with E-state index in [1.807, 2.05) is 11.8 Å². The number of rotatable bonds is 3. The Morgan fingerprint density at radius 3 is 2.41 bits per heavy atom. The number of nitrogens with one attached hydrogen (secondary N) is 1. The molecular weight excluding hydrogens is 344 g/mol. The maximum atomic E-state index is 12.7. The normalized spacial score (nSPS) is 33.9. The summed E-state index contributed by atoms with van der Waals surface area (Å²) in [7, 11) is 0. The molecule has 0 aromatic carbocycles. The Kier molecular flexibility index (Phi) is 5.06. The minimum Gasteiger partial charge on any atom is -0.388 e. The lowest BCUT2D eigenvalue weighted by Crippen LogP contribution is -2.66. The Bertz CT molecular complexity index is 614. The Morgan fingerprint density at radius 1 is 1.15 bits per heavy atom. The fourth-order valence-corrected chi connectivity index (χ4v) is 4.99. The average molecular weight is 376 g/mol. The summed E-state index contributed by atoms with van der Waals surface area (Å²) in [6.07, 6.45) is 10.4. The molecule has 2 heterocycles. The van der Waals surface area contributed by atoms with Crippen molar-refractivity contribution < 1.29 is 19.4 Å². The van der Waals surface area contributed by atoms with Gasteiger partial charge in [0.25, 0.3) is 0 Å². The topological polar surface area (TPSA) is 78.9 Å². The van der Waals surface area contributed by atoms with Gasteiger partial charge in [-0.15, -0.1) is 0 Å². The molecule has 0 bridgehead atoms. The van der Waals surface area contributed by atoms with Crippen LogP contribution in [0, 0.1) is 11.8 Å². The van der Waals surface area contributed by atoms with Crippen LogP contribution >= 0.6 is 0 Å². The van der Waals surface area contributed by atoms with E-state index < -0.39 is 11.6 Å². The third kappa shape index (κ3) is 3.66. The molecule has 150 valence electrons. The summed E-state index contributed by atoms with van der Waals surface area (Å²) in [5.41, 5.74) is -1.02. The molecule has 2 amide bonds. The van der Waals surface area contributed by atoms with Crippen molar-refractivity contribution in [3.8, 4) is 0 Å². The van der Waals surface area contributed by atoms with E-state index in [0.29, 0.717) is 19.5 Å². The van der Waals surface area contributed by atoms with E-state index >= 15 is 0 Å². The van der Waals surface area contributed by atoms with Crippen molar-refractivity contribution in [2.45, 2.75) is 75.5 Å². The molecule has 6 heteroatoms. The van der Waals surface area contributed by atoms with Gasteiger partial charge in [-0.25, -0.2) is 0 Å². The van der Waals surface area contributed by atoms with Crippen molar-refractivity contribution in [1.82, 2.24) is 10.2 Å². The number of allylic oxidation sites excluding steroid dienone is 2. The Balaban J connectivity index is 1.37. The van der Waals surface area contributed by atoms with E-state index in [1.165, 1.54) is 0 Å². The van der Waals surface area contributed by atoms with Crippen LogP contribution in [0.15, 0.2) is 12.2 Å². The van der Waals surface area contributed by atoms with E-state index in [9.17, 15) is 14.7 Å². The number of aliphatic hydroxyl groups excluding tert-OH is 1. The molecule has 0 unspecified atom stereocenters. The molecule has 1 spiro atoms. The Hall–Kier alpha value is -1.40. The van der Waals surface area contributed by atoms with Gasteiger partial charge in [0.2, 0.25) is 11.8 Å². The van der Waals surface area contributed by atoms with E-state index in [4.69, 9.17) is 4.74 Å². The van der Waals surface area contributed by atoms with E-state index in [2.05, 4.69) is 17.5 Å². The highest BCUT2D eigenvalue weighted by Crippen LogP contribution is 2.41. The fraction of sp³-hybridized carbons (Fsp3) is 0.810. The molecule has 2 aliphatic heterocycles. The van der Waals surface area contributed by atoms with Gasteiger partial charge >= 0.3 is 0 Å². The maximum Gasteiger partial charge on any atom is 0.226 e. The van der Waals surface area contributed by atoms with Gasteiger partial charge in [0.15, 0.2) is 0 Å². The number of hydrogen-bond donors (Lipinski definition) is 2. The second-order valence-corrected chi connectivity index (χ2v) is 9.19. The minimum absolute atomic E-state index is 0.0706. The number of aliphatic hydroxyl groups is 1. The molecule has 3 fully saturated rings. The lowest BCUT2D eigenvalue weighted by Gasteiger charge is -2.52. The molecule has 4 aliphatic rings. The number of nitrogens with zero attached hydrogens (tertiary/aromatic N) is 1. The van der Waals surface area contributed by atoms with E-state index in [0.717, 1.165) is 44.9 Å². The third-order valence-electron chi connectivity index (χ3n) is 7.20. The van der Waals surface area contributed by atoms with Crippen LogP contribution in [0.25, 0.3) is 0 Å². The predicted molar refractivity (Wildman–Crippen MR) is 101 cm³/mol. The molecule has 27 heavy (non-hydrogen) atoms. The summed E-state index contributed by atoms with van der Waals surface area (Å²) in [4.78, 5) is 27.1. The van der Waals surface area contributed by atoms with Gasteiger partial charge < -0.3 is 20.1 Å². The van der Waals surface area contributed by atoms with Crippen LogP contribution in [-0.2, 0) is 14.3 Å². The fourth-order valence-electron chi connectivity index (χ4n) is 4.99. The summed E-state index contributed by atoms with van der Waals surface area (Å²) in [6, 6.07) is 0. The number of carbonyl (C=O) groups excluding carboxylic acids is 2. The number of carbonyl (C=O) groups is 2. The molecule has 1 saturated carbocycles. The van der Waals surface area contributed by atoms with Crippen LogP contribution in [0.5, 0.6) is 0 Å². The van der Waals surface area contributed by atoms with Crippen molar-refractivity contribution in [2.24, 2.45) is 11.8 Å². The molecule has 2 saturated heterocycles. The highest BCUT2D eigenvalue weighted by molar-refractivity contribution is 5.80. The summed E-state index contributed by atoms with van der Waals surface area (Å²) >= 11 is 0. The van der Waals surface area contributed by atoms with Crippen molar-refractivity contribution in [1.29, 1.82) is 0 Å². The van der Waals surface area contributed by atoms with Crippen LogP contribution in [0.3, 0.4) is 0 Å². The minimum atomic E-state index is -0.698. The average Bonchev–Trinajstić information content (AvgIpc) is 3.11. The number of amides is 2. The SMILES string of the molecule is C[C@]1(NC(=O)C2CCC2)CC2(CCN(C(=O)C3CC=CC3)CC2)OC[C@@H]1O. The lowest BCUT2D eigenvalue weighted by atomic mass is 9.74. The first-order chi connectivity index (χ1) is 12.9. The molecule has 2 aliphatic carbocycles. The number of piperidine rings is 1. The monoisotopic (exact) mass is 376 g/mol. The van der Waals surface area contributed by atoms with Crippen LogP contribution in [0.4, 0.5) is 0 Å². The van der Waals surface area contributed by atoms with Crippen molar-refractivity contribution in [2.75, 3.05) is 19.7 Å². The van der Waals surface area contributed by atoms with Gasteiger partial charge in [-0.3, -0.25) is 9.59 Å². The number of likely N-dealkylation sites (tertiary alicyclic amines) is 1. The van der Waals surface area contributed by atoms with E-state index in [-0.39, 0.29) is 35.9 Å². The zero-order valence-electron chi connectivity index (χ0n) is 16.3. The molecule has 2 N–H and O–H groups in total. The third-order valence-corrected chi connectivity index (χ3v) is 7.20. The maximum absolute atomic E-state index is 12.7. The number of ether oxygens (including phenoxy) is 1. The van der Waals surface area contributed by atoms with Gasteiger partial charge in [0, 0.05) is 31.3 Å². The highest BCUT2D eigenvalue weighted by atomic mass is 16.5. The van der Waals surface area contributed by atoms with Crippen molar-refractivity contribution in [3.05, 3.63) is 12.2 Å². The highest BCUT2D eigenvalue weighted by Gasteiger charge is 2.51. The molecule has 4 rings (SSSR count). The zero-order valence-corrected chi connectivity index (χ0v) is 16.3. The van der Waals surface area contributed by atoms with Gasteiger partial charge in [0.1, 0.15) is 6.10 Å². The first kappa shape index (κ1) is 18.9. The van der Waals surface area contributed by atoms with Gasteiger partial charge in [-0.1, -0.05) is 18.6 Å². The smallest absolute Gasteiger partial charge is 0.226 e. The molecule has 0 radical (unpaired) electrons. The summed E-state index contributed by atoms with van der Waals surface area (Å²) in [6.45, 7) is 3.57. The summed E-state index contributed by atoms with van der Waals surface area (Å²) < 4.78 is 6.10. The van der Waals surface area contributed by atoms with Crippen LogP contribution in [0.1, 0.15) is 58.3 Å². The van der Waals surface area contributed by atoms with E-state index in [1.54, 1.807) is 0 Å². The lowest BCUT2D eigenvalue weighted by molar-refractivity contribution is -0.184. The first-order valence-electron chi connectivity index (χ1n) is 10.5. The van der Waals surface area contributed by atoms with Crippen LogP contribution in [0.2, 0.25) is 0 Å². The first-order valence-corrected chi connectivity index (χ1v) is 10.5. The quantitative estimate of drug-likeness (QED) is 0.736. The standard InChI is InChI=1S/C21H32N2O4/c1-20(22-18(25)15-7-4-8-15)14-21(27-13-17(20)24)9-11-23(12-10-21)19(26)16-5-2-3-6-16/h2-3,15-17,24H,4-14H2,1H3,(H,22,25)/t17-,20-/m0/s1. The van der Waals surface area contributed by atoms with Gasteiger partial charge in [0.05, 0.1) is 17.7 Å². The van der Waals surface area contributed by atoms with Crippen LogP contribution < -0.4 is 5.32 Å². The Morgan fingerprint density at radius 2 is 1.81 bits per heavy atom. The van der Waals surface area contributed by atoms with Gasteiger partial charge in [-0.05, 0) is 45.4 Å². The predicted octanol–water partition coefficient (Wildman–Crippen LogP) is 1.77. The second kappa shape index (κ2) is 7.21. The van der Waals surface area contributed by atoms with Crippen molar-refractivity contribution in [3.63, 3.8) is 0 Å². The number of hydrogen-bond acceptors (Lipinski definition) is 4.